The van der Waals surface area contributed by atoms with Crippen molar-refractivity contribution in [2.24, 2.45) is 12.0 Å². The third-order valence-electron chi connectivity index (χ3n) is 4.62. The average molecular weight is 416 g/mol. The van der Waals surface area contributed by atoms with E-state index in [9.17, 15) is 0 Å². The van der Waals surface area contributed by atoms with Gasteiger partial charge in [-0.05, 0) is 12.1 Å². The number of guanidine groups is 1. The zero-order valence-corrected chi connectivity index (χ0v) is 17.0. The highest BCUT2D eigenvalue weighted by molar-refractivity contribution is 6.30. The normalized spacial score (nSPS) is 17.6. The Morgan fingerprint density at radius 1 is 1.41 bits per heavy atom. The number of ether oxygens (including phenoxy) is 1. The molecule has 0 spiro atoms. The average Bonchev–Trinajstić information content (AvgIpc) is 3.38. The Balaban J connectivity index is 1.38. The summed E-state index contributed by atoms with van der Waals surface area (Å²) < 4.78 is 13.0. The second-order valence-electron chi connectivity index (χ2n) is 6.68. The van der Waals surface area contributed by atoms with Gasteiger partial charge in [-0.1, -0.05) is 28.9 Å². The summed E-state index contributed by atoms with van der Waals surface area (Å²) in [7, 11) is 3.65. The van der Waals surface area contributed by atoms with E-state index in [0.717, 1.165) is 23.6 Å². The van der Waals surface area contributed by atoms with E-state index in [1.165, 1.54) is 0 Å². The van der Waals surface area contributed by atoms with E-state index in [0.29, 0.717) is 36.4 Å². The zero-order valence-electron chi connectivity index (χ0n) is 16.2. The van der Waals surface area contributed by atoms with Crippen LogP contribution >= 0.6 is 11.6 Å². The van der Waals surface area contributed by atoms with Crippen molar-refractivity contribution < 1.29 is 9.26 Å². The number of nitrogens with one attached hydrogen (secondary N) is 1. The van der Waals surface area contributed by atoms with E-state index in [-0.39, 0.29) is 6.10 Å². The highest BCUT2D eigenvalue weighted by Gasteiger charge is 2.25. The topological polar surface area (TPSA) is 93.6 Å². The first-order valence-corrected chi connectivity index (χ1v) is 9.64. The van der Waals surface area contributed by atoms with Crippen molar-refractivity contribution in [2.75, 3.05) is 26.7 Å². The molecule has 3 aromatic rings. The molecule has 1 fully saturated rings. The molecule has 0 bridgehead atoms. The van der Waals surface area contributed by atoms with Gasteiger partial charge in [-0.3, -0.25) is 9.67 Å². The SMILES string of the molecule is CN=C(NCc1nc(-c2cccc(Cl)c2)no1)N1CCOC(c2cnn(C)c2)C1. The van der Waals surface area contributed by atoms with Crippen LogP contribution < -0.4 is 5.32 Å². The van der Waals surface area contributed by atoms with E-state index < -0.39 is 0 Å². The number of hydrogen-bond donors (Lipinski definition) is 1. The number of nitrogens with zero attached hydrogens (tertiary/aromatic N) is 6. The molecule has 0 aliphatic carbocycles. The van der Waals surface area contributed by atoms with Crippen LogP contribution in [0.25, 0.3) is 11.4 Å². The van der Waals surface area contributed by atoms with Crippen molar-refractivity contribution in [2.45, 2.75) is 12.6 Å². The van der Waals surface area contributed by atoms with Crippen molar-refractivity contribution in [3.63, 3.8) is 0 Å². The maximum atomic E-state index is 6.03. The minimum Gasteiger partial charge on any atom is -0.370 e. The number of benzene rings is 1. The summed E-state index contributed by atoms with van der Waals surface area (Å²) in [6.07, 6.45) is 3.76. The first kappa shape index (κ1) is 19.4. The lowest BCUT2D eigenvalue weighted by atomic mass is 10.1. The van der Waals surface area contributed by atoms with Crippen molar-refractivity contribution in [1.29, 1.82) is 0 Å². The second kappa shape index (κ2) is 8.62. The molecule has 4 rings (SSSR count). The quantitative estimate of drug-likeness (QED) is 0.516. The zero-order chi connectivity index (χ0) is 20.2. The molecule has 1 saturated heterocycles. The Bertz CT molecular complexity index is 1000. The summed E-state index contributed by atoms with van der Waals surface area (Å²) in [6.45, 7) is 2.41. The van der Waals surface area contributed by atoms with Gasteiger partial charge in [0.15, 0.2) is 5.96 Å². The van der Waals surface area contributed by atoms with Gasteiger partial charge in [0.05, 0.1) is 25.9 Å². The van der Waals surface area contributed by atoms with Gasteiger partial charge < -0.3 is 19.5 Å². The van der Waals surface area contributed by atoms with Crippen LogP contribution in [0.3, 0.4) is 0 Å². The summed E-state index contributed by atoms with van der Waals surface area (Å²) in [5.41, 5.74) is 1.86. The number of hydrogen-bond acceptors (Lipinski definition) is 6. The van der Waals surface area contributed by atoms with E-state index in [1.807, 2.05) is 31.6 Å². The fourth-order valence-corrected chi connectivity index (χ4v) is 3.40. The molecule has 9 nitrogen and oxygen atoms in total. The van der Waals surface area contributed by atoms with Gasteiger partial charge in [0, 0.05) is 43.0 Å². The Morgan fingerprint density at radius 2 is 2.31 bits per heavy atom. The number of halogens is 1. The summed E-state index contributed by atoms with van der Waals surface area (Å²) >= 11 is 6.03. The molecule has 1 aliphatic heterocycles. The molecule has 29 heavy (non-hydrogen) atoms. The van der Waals surface area contributed by atoms with Crippen LogP contribution in [0.5, 0.6) is 0 Å². The van der Waals surface area contributed by atoms with Crippen LogP contribution in [0.1, 0.15) is 17.6 Å². The van der Waals surface area contributed by atoms with Gasteiger partial charge in [-0.15, -0.1) is 0 Å². The summed E-state index contributed by atoms with van der Waals surface area (Å²) in [4.78, 5) is 11.0. The maximum Gasteiger partial charge on any atom is 0.246 e. The van der Waals surface area contributed by atoms with E-state index in [1.54, 1.807) is 23.9 Å². The van der Waals surface area contributed by atoms with Crippen molar-refractivity contribution >= 4 is 17.6 Å². The number of aliphatic imine (C=N–C) groups is 1. The van der Waals surface area contributed by atoms with Crippen molar-refractivity contribution in [3.8, 4) is 11.4 Å². The molecule has 1 N–H and O–H groups in total. The first-order chi connectivity index (χ1) is 14.1. The molecule has 1 aliphatic rings. The predicted molar refractivity (Wildman–Crippen MR) is 108 cm³/mol. The third kappa shape index (κ3) is 4.57. The fourth-order valence-electron chi connectivity index (χ4n) is 3.21. The summed E-state index contributed by atoms with van der Waals surface area (Å²) in [5, 5.41) is 12.2. The first-order valence-electron chi connectivity index (χ1n) is 9.26. The molecule has 152 valence electrons. The monoisotopic (exact) mass is 415 g/mol. The molecule has 0 amide bonds. The van der Waals surface area contributed by atoms with Crippen LogP contribution in [0.2, 0.25) is 5.02 Å². The van der Waals surface area contributed by atoms with Gasteiger partial charge >= 0.3 is 0 Å². The molecule has 2 aromatic heterocycles. The van der Waals surface area contributed by atoms with E-state index in [2.05, 4.69) is 30.4 Å². The molecule has 1 atom stereocenters. The Hall–Kier alpha value is -2.91. The molecular weight excluding hydrogens is 394 g/mol. The minimum atomic E-state index is -0.0474. The van der Waals surface area contributed by atoms with E-state index in [4.69, 9.17) is 20.9 Å². The number of aromatic nitrogens is 4. The van der Waals surface area contributed by atoms with Crippen molar-refractivity contribution in [3.05, 3.63) is 53.1 Å². The Labute approximate surface area is 173 Å². The molecule has 0 radical (unpaired) electrons. The van der Waals surface area contributed by atoms with Gasteiger partial charge in [0.1, 0.15) is 6.10 Å². The molecule has 10 heteroatoms. The standard InChI is InChI=1S/C19H22ClN7O2/c1-21-19(27-6-7-28-16(12-27)14-9-23-26(2)11-14)22-10-17-24-18(25-29-17)13-4-3-5-15(20)8-13/h3-5,8-9,11,16H,6-7,10,12H2,1-2H3,(H,21,22). The third-order valence-corrected chi connectivity index (χ3v) is 4.86. The minimum absolute atomic E-state index is 0.0474. The lowest BCUT2D eigenvalue weighted by molar-refractivity contribution is -0.00809. The van der Waals surface area contributed by atoms with Gasteiger partial charge in [-0.2, -0.15) is 10.1 Å². The molecular formula is C19H22ClN7O2. The van der Waals surface area contributed by atoms with Crippen LogP contribution in [0.15, 0.2) is 46.2 Å². The van der Waals surface area contributed by atoms with Crippen LogP contribution in [0, 0.1) is 0 Å². The summed E-state index contributed by atoms with van der Waals surface area (Å²) in [6, 6.07) is 7.34. The molecule has 1 aromatic carbocycles. The number of rotatable bonds is 4. The number of aryl methyl sites for hydroxylation is 1. The lowest BCUT2D eigenvalue weighted by Crippen LogP contribution is -2.47. The number of morpholine rings is 1. The highest BCUT2D eigenvalue weighted by atomic mass is 35.5. The predicted octanol–water partition coefficient (Wildman–Crippen LogP) is 2.27. The molecule has 1 unspecified atom stereocenters. The highest BCUT2D eigenvalue weighted by Crippen LogP contribution is 2.22. The van der Waals surface area contributed by atoms with Crippen LogP contribution in [-0.2, 0) is 18.3 Å². The Kier molecular flexibility index (Phi) is 5.77. The molecule has 3 heterocycles. The molecule has 0 saturated carbocycles. The lowest BCUT2D eigenvalue weighted by Gasteiger charge is -2.34. The van der Waals surface area contributed by atoms with Gasteiger partial charge in [0.2, 0.25) is 11.7 Å². The fraction of sp³-hybridized carbons (Fsp3) is 0.368. The van der Waals surface area contributed by atoms with Gasteiger partial charge in [-0.25, -0.2) is 0 Å². The van der Waals surface area contributed by atoms with Crippen LogP contribution in [0.4, 0.5) is 0 Å². The maximum absolute atomic E-state index is 6.03. The smallest absolute Gasteiger partial charge is 0.246 e. The van der Waals surface area contributed by atoms with Crippen LogP contribution in [-0.4, -0.2) is 57.5 Å². The summed E-state index contributed by atoms with van der Waals surface area (Å²) in [5.74, 6) is 1.73. The Morgan fingerprint density at radius 3 is 3.07 bits per heavy atom. The van der Waals surface area contributed by atoms with E-state index >= 15 is 0 Å². The van der Waals surface area contributed by atoms with Gasteiger partial charge in [0.25, 0.3) is 0 Å². The second-order valence-corrected chi connectivity index (χ2v) is 7.11. The largest absolute Gasteiger partial charge is 0.370 e. The van der Waals surface area contributed by atoms with Crippen molar-refractivity contribution in [1.82, 2.24) is 30.1 Å².